The van der Waals surface area contributed by atoms with E-state index in [1.807, 2.05) is 10.3 Å². The summed E-state index contributed by atoms with van der Waals surface area (Å²) in [6.45, 7) is 1.47. The molecule has 3 rings (SSSR count). The van der Waals surface area contributed by atoms with Crippen LogP contribution < -0.4 is 0 Å². The SMILES string of the molecule is O=C(c1nccs1)C1CCN(C(=O)C2CCCC2)CC1. The summed E-state index contributed by atoms with van der Waals surface area (Å²) >= 11 is 1.41. The number of thiazole rings is 1. The van der Waals surface area contributed by atoms with E-state index in [4.69, 9.17) is 0 Å². The number of hydrogen-bond acceptors (Lipinski definition) is 4. The second-order valence-electron chi connectivity index (χ2n) is 5.78. The van der Waals surface area contributed by atoms with Crippen molar-refractivity contribution in [3.05, 3.63) is 16.6 Å². The van der Waals surface area contributed by atoms with Crippen LogP contribution in [0.4, 0.5) is 0 Å². The van der Waals surface area contributed by atoms with E-state index in [0.29, 0.717) is 10.9 Å². The van der Waals surface area contributed by atoms with Crippen molar-refractivity contribution in [3.63, 3.8) is 0 Å². The quantitative estimate of drug-likeness (QED) is 0.805. The number of nitrogens with zero attached hydrogens (tertiary/aromatic N) is 2. The number of Topliss-reactive ketones (excluding diaryl/α,β-unsaturated/α-hetero) is 1. The molecule has 2 fully saturated rings. The molecule has 1 aromatic heterocycles. The number of likely N-dealkylation sites (tertiary alicyclic amines) is 1. The highest BCUT2D eigenvalue weighted by atomic mass is 32.1. The van der Waals surface area contributed by atoms with Crippen LogP contribution in [0, 0.1) is 11.8 Å². The number of rotatable bonds is 3. The summed E-state index contributed by atoms with van der Waals surface area (Å²) < 4.78 is 0. The third-order valence-electron chi connectivity index (χ3n) is 4.52. The minimum atomic E-state index is 0.0498. The molecule has 0 bridgehead atoms. The van der Waals surface area contributed by atoms with E-state index >= 15 is 0 Å². The first-order valence-electron chi connectivity index (χ1n) is 7.48. The number of hydrogen-bond donors (Lipinski definition) is 0. The lowest BCUT2D eigenvalue weighted by atomic mass is 9.92. The van der Waals surface area contributed by atoms with E-state index in [1.54, 1.807) is 6.20 Å². The molecule has 0 aromatic carbocycles. The summed E-state index contributed by atoms with van der Waals surface area (Å²) in [7, 11) is 0. The Morgan fingerprint density at radius 3 is 2.40 bits per heavy atom. The van der Waals surface area contributed by atoms with Gasteiger partial charge in [-0.25, -0.2) is 4.98 Å². The van der Waals surface area contributed by atoms with Gasteiger partial charge in [-0.05, 0) is 25.7 Å². The number of amides is 1. The second-order valence-corrected chi connectivity index (χ2v) is 6.68. The van der Waals surface area contributed by atoms with E-state index in [9.17, 15) is 9.59 Å². The molecule has 0 atom stereocenters. The Bertz CT molecular complexity index is 472. The van der Waals surface area contributed by atoms with Gasteiger partial charge >= 0.3 is 0 Å². The molecule has 1 saturated heterocycles. The third kappa shape index (κ3) is 2.77. The lowest BCUT2D eigenvalue weighted by molar-refractivity contribution is -0.136. The summed E-state index contributed by atoms with van der Waals surface area (Å²) in [5, 5.41) is 2.46. The third-order valence-corrected chi connectivity index (χ3v) is 5.31. The molecule has 2 aliphatic rings. The average Bonchev–Trinajstić information content (AvgIpc) is 3.18. The minimum Gasteiger partial charge on any atom is -0.342 e. The van der Waals surface area contributed by atoms with Crippen LogP contribution in [0.5, 0.6) is 0 Å². The molecular formula is C15H20N2O2S. The van der Waals surface area contributed by atoms with Gasteiger partial charge in [-0.1, -0.05) is 12.8 Å². The van der Waals surface area contributed by atoms with Gasteiger partial charge in [0.2, 0.25) is 5.91 Å². The van der Waals surface area contributed by atoms with Crippen molar-refractivity contribution in [3.8, 4) is 0 Å². The first-order valence-corrected chi connectivity index (χ1v) is 8.36. The van der Waals surface area contributed by atoms with E-state index < -0.39 is 0 Å². The Hall–Kier alpha value is -1.23. The molecule has 5 heteroatoms. The molecule has 1 aromatic rings. The monoisotopic (exact) mass is 292 g/mol. The summed E-state index contributed by atoms with van der Waals surface area (Å²) in [4.78, 5) is 30.6. The molecule has 0 N–H and O–H groups in total. The number of aromatic nitrogens is 1. The van der Waals surface area contributed by atoms with Crippen molar-refractivity contribution in [2.45, 2.75) is 38.5 Å². The lowest BCUT2D eigenvalue weighted by Gasteiger charge is -2.32. The highest BCUT2D eigenvalue weighted by Crippen LogP contribution is 2.29. The van der Waals surface area contributed by atoms with Crippen molar-refractivity contribution < 1.29 is 9.59 Å². The maximum atomic E-state index is 12.3. The van der Waals surface area contributed by atoms with Gasteiger partial charge in [0.25, 0.3) is 0 Å². The molecule has 1 amide bonds. The van der Waals surface area contributed by atoms with Crippen molar-refractivity contribution in [2.24, 2.45) is 11.8 Å². The highest BCUT2D eigenvalue weighted by molar-refractivity contribution is 7.11. The maximum Gasteiger partial charge on any atom is 0.225 e. The van der Waals surface area contributed by atoms with Gasteiger partial charge in [-0.2, -0.15) is 0 Å². The minimum absolute atomic E-state index is 0.0498. The Morgan fingerprint density at radius 1 is 1.10 bits per heavy atom. The van der Waals surface area contributed by atoms with Gasteiger partial charge in [0.05, 0.1) is 0 Å². The number of carbonyl (C=O) groups excluding carboxylic acids is 2. The molecule has 1 saturated carbocycles. The molecule has 1 aliphatic heterocycles. The predicted molar refractivity (Wildman–Crippen MR) is 77.7 cm³/mol. The summed E-state index contributed by atoms with van der Waals surface area (Å²) in [5.74, 6) is 0.783. The molecule has 20 heavy (non-hydrogen) atoms. The zero-order chi connectivity index (χ0) is 13.9. The largest absolute Gasteiger partial charge is 0.342 e. The summed E-state index contributed by atoms with van der Waals surface area (Å²) in [6.07, 6.45) is 7.74. The molecule has 0 radical (unpaired) electrons. The number of carbonyl (C=O) groups is 2. The standard InChI is InChI=1S/C15H20N2O2S/c18-13(14-16-7-10-20-14)11-5-8-17(9-6-11)15(19)12-3-1-2-4-12/h7,10-12H,1-6,8-9H2. The fourth-order valence-corrected chi connectivity index (χ4v) is 3.97. The van der Waals surface area contributed by atoms with Crippen LogP contribution in [0.1, 0.15) is 48.3 Å². The van der Waals surface area contributed by atoms with Gasteiger partial charge < -0.3 is 4.90 Å². The molecule has 0 unspecified atom stereocenters. The van der Waals surface area contributed by atoms with Gasteiger partial charge in [0.1, 0.15) is 0 Å². The average molecular weight is 292 g/mol. The van der Waals surface area contributed by atoms with Crippen molar-refractivity contribution in [1.29, 1.82) is 0 Å². The first kappa shape index (κ1) is 13.7. The smallest absolute Gasteiger partial charge is 0.225 e. The van der Waals surface area contributed by atoms with Crippen LogP contribution in [-0.4, -0.2) is 34.7 Å². The van der Waals surface area contributed by atoms with Crippen molar-refractivity contribution >= 4 is 23.0 Å². The van der Waals surface area contributed by atoms with Gasteiger partial charge in [0, 0.05) is 36.5 Å². The van der Waals surface area contributed by atoms with E-state index in [0.717, 1.165) is 38.8 Å². The molecular weight excluding hydrogens is 272 g/mol. The molecule has 0 spiro atoms. The van der Waals surface area contributed by atoms with Crippen LogP contribution in [0.15, 0.2) is 11.6 Å². The molecule has 4 nitrogen and oxygen atoms in total. The zero-order valence-corrected chi connectivity index (χ0v) is 12.4. The van der Waals surface area contributed by atoms with Crippen LogP contribution in [0.25, 0.3) is 0 Å². The Kier molecular flexibility index (Phi) is 4.15. The Balaban J connectivity index is 1.54. The normalized spacial score (nSPS) is 21.3. The topological polar surface area (TPSA) is 50.3 Å². The molecule has 1 aliphatic carbocycles. The predicted octanol–water partition coefficient (Wildman–Crippen LogP) is 2.75. The fourth-order valence-electron chi connectivity index (χ4n) is 3.31. The maximum absolute atomic E-state index is 12.3. The van der Waals surface area contributed by atoms with Crippen LogP contribution in [-0.2, 0) is 4.79 Å². The number of ketones is 1. The van der Waals surface area contributed by atoms with E-state index in [-0.39, 0.29) is 17.6 Å². The first-order chi connectivity index (χ1) is 9.75. The second kappa shape index (κ2) is 6.04. The lowest BCUT2D eigenvalue weighted by Crippen LogP contribution is -2.42. The van der Waals surface area contributed by atoms with Gasteiger partial charge in [-0.15, -0.1) is 11.3 Å². The van der Waals surface area contributed by atoms with Crippen molar-refractivity contribution in [1.82, 2.24) is 9.88 Å². The summed E-state index contributed by atoms with van der Waals surface area (Å²) in [6, 6.07) is 0. The van der Waals surface area contributed by atoms with Crippen LogP contribution in [0.2, 0.25) is 0 Å². The van der Waals surface area contributed by atoms with E-state index in [2.05, 4.69) is 4.98 Å². The summed E-state index contributed by atoms with van der Waals surface area (Å²) in [5.41, 5.74) is 0. The molecule has 2 heterocycles. The van der Waals surface area contributed by atoms with Crippen LogP contribution >= 0.6 is 11.3 Å². The number of piperidine rings is 1. The Morgan fingerprint density at radius 2 is 1.80 bits per heavy atom. The highest BCUT2D eigenvalue weighted by Gasteiger charge is 2.32. The zero-order valence-electron chi connectivity index (χ0n) is 11.6. The Labute approximate surface area is 123 Å². The van der Waals surface area contributed by atoms with Gasteiger partial charge in [-0.3, -0.25) is 9.59 Å². The van der Waals surface area contributed by atoms with E-state index in [1.165, 1.54) is 24.2 Å². The van der Waals surface area contributed by atoms with Crippen LogP contribution in [0.3, 0.4) is 0 Å². The molecule has 108 valence electrons. The van der Waals surface area contributed by atoms with Crippen molar-refractivity contribution in [2.75, 3.05) is 13.1 Å². The van der Waals surface area contributed by atoms with Gasteiger partial charge in [0.15, 0.2) is 10.8 Å². The fraction of sp³-hybridized carbons (Fsp3) is 0.667.